The first kappa shape index (κ1) is 22.2. The maximum atomic E-state index is 12.9. The maximum Gasteiger partial charge on any atom is 0.341 e. The van der Waals surface area contributed by atoms with Crippen LogP contribution >= 0.6 is 11.8 Å². The van der Waals surface area contributed by atoms with Gasteiger partial charge >= 0.3 is 5.97 Å². The minimum absolute atomic E-state index is 0.278. The molecular weight excluding hydrogens is 418 g/mol. The molecule has 31 heavy (non-hydrogen) atoms. The molecule has 0 bridgehead atoms. The van der Waals surface area contributed by atoms with Crippen molar-refractivity contribution in [3.8, 4) is 11.5 Å². The van der Waals surface area contributed by atoms with Crippen LogP contribution in [0.1, 0.15) is 18.1 Å². The van der Waals surface area contributed by atoms with Crippen molar-refractivity contribution in [2.45, 2.75) is 13.3 Å². The number of carboxylic acids is 1. The van der Waals surface area contributed by atoms with Gasteiger partial charge in [-0.2, -0.15) is 0 Å². The first-order valence-electron chi connectivity index (χ1n) is 9.52. The Balaban J connectivity index is 1.99. The summed E-state index contributed by atoms with van der Waals surface area (Å²) in [5.41, 5.74) is 1.80. The molecule has 2 aromatic rings. The smallest absolute Gasteiger partial charge is 0.341 e. The van der Waals surface area contributed by atoms with Gasteiger partial charge in [-0.05, 0) is 61.0 Å². The SMILES string of the molecule is C=CCc1cc(/C=C2\SC(=O)N(c3ccccc3)C2=O)cc(OCC)c1OCC(=O)O. The van der Waals surface area contributed by atoms with Crippen LogP contribution in [0, 0.1) is 0 Å². The molecule has 1 N–H and O–H groups in total. The average Bonchev–Trinajstić information content (AvgIpc) is 3.01. The Labute approximate surface area is 184 Å². The minimum Gasteiger partial charge on any atom is -0.490 e. The van der Waals surface area contributed by atoms with Gasteiger partial charge in [-0.25, -0.2) is 9.69 Å². The number of nitrogens with zero attached hydrogens (tertiary/aromatic N) is 1. The highest BCUT2D eigenvalue weighted by Crippen LogP contribution is 2.38. The van der Waals surface area contributed by atoms with Gasteiger partial charge in [0.05, 0.1) is 17.2 Å². The second kappa shape index (κ2) is 9.99. The van der Waals surface area contributed by atoms with Crippen molar-refractivity contribution in [3.63, 3.8) is 0 Å². The number of thioether (sulfide) groups is 1. The molecule has 0 atom stereocenters. The Bertz CT molecular complexity index is 1050. The Morgan fingerprint density at radius 2 is 1.94 bits per heavy atom. The lowest BCUT2D eigenvalue weighted by atomic mass is 10.0. The van der Waals surface area contributed by atoms with Crippen LogP contribution in [0.4, 0.5) is 10.5 Å². The van der Waals surface area contributed by atoms with E-state index in [1.165, 1.54) is 0 Å². The summed E-state index contributed by atoms with van der Waals surface area (Å²) in [6.07, 6.45) is 3.68. The largest absolute Gasteiger partial charge is 0.490 e. The number of ether oxygens (including phenoxy) is 2. The highest BCUT2D eigenvalue weighted by atomic mass is 32.2. The molecule has 7 nitrogen and oxygen atoms in total. The Morgan fingerprint density at radius 1 is 1.19 bits per heavy atom. The molecule has 0 aromatic heterocycles. The maximum absolute atomic E-state index is 12.9. The number of para-hydroxylation sites is 1. The molecule has 0 spiro atoms. The molecule has 0 aliphatic carbocycles. The van der Waals surface area contributed by atoms with Gasteiger partial charge in [0.1, 0.15) is 0 Å². The number of hydrogen-bond acceptors (Lipinski definition) is 6. The van der Waals surface area contributed by atoms with Crippen molar-refractivity contribution in [1.82, 2.24) is 0 Å². The summed E-state index contributed by atoms with van der Waals surface area (Å²) in [6, 6.07) is 12.1. The zero-order valence-corrected chi connectivity index (χ0v) is 17.7. The molecule has 8 heteroatoms. The van der Waals surface area contributed by atoms with Crippen LogP contribution in [-0.4, -0.2) is 35.4 Å². The van der Waals surface area contributed by atoms with Crippen LogP contribution in [-0.2, 0) is 16.0 Å². The third-order valence-corrected chi connectivity index (χ3v) is 5.13. The summed E-state index contributed by atoms with van der Waals surface area (Å²) in [6.45, 7) is 5.35. The van der Waals surface area contributed by atoms with Crippen LogP contribution in [0.25, 0.3) is 6.08 Å². The highest BCUT2D eigenvalue weighted by Gasteiger charge is 2.36. The molecule has 1 aliphatic rings. The molecule has 1 aliphatic heterocycles. The predicted molar refractivity (Wildman–Crippen MR) is 120 cm³/mol. The van der Waals surface area contributed by atoms with Crippen LogP contribution in [0.2, 0.25) is 0 Å². The molecule has 1 saturated heterocycles. The lowest BCUT2D eigenvalue weighted by Crippen LogP contribution is -2.27. The van der Waals surface area contributed by atoms with Gasteiger partial charge in [-0.3, -0.25) is 9.59 Å². The number of carbonyl (C=O) groups excluding carboxylic acids is 2. The van der Waals surface area contributed by atoms with E-state index in [1.807, 2.05) is 6.07 Å². The fourth-order valence-corrected chi connectivity index (χ4v) is 3.89. The van der Waals surface area contributed by atoms with Gasteiger partial charge in [0.2, 0.25) is 0 Å². The van der Waals surface area contributed by atoms with E-state index in [2.05, 4.69) is 6.58 Å². The molecule has 3 rings (SSSR count). The molecule has 1 fully saturated rings. The first-order valence-corrected chi connectivity index (χ1v) is 10.3. The van der Waals surface area contributed by atoms with E-state index in [0.717, 1.165) is 16.7 Å². The minimum atomic E-state index is -1.11. The second-order valence-corrected chi connectivity index (χ2v) is 7.46. The van der Waals surface area contributed by atoms with Crippen LogP contribution in [0.5, 0.6) is 11.5 Å². The zero-order valence-electron chi connectivity index (χ0n) is 16.9. The van der Waals surface area contributed by atoms with Gasteiger partial charge in [0.25, 0.3) is 11.1 Å². The lowest BCUT2D eigenvalue weighted by Gasteiger charge is -2.16. The summed E-state index contributed by atoms with van der Waals surface area (Å²) in [5.74, 6) is -0.836. The summed E-state index contributed by atoms with van der Waals surface area (Å²) in [5, 5.41) is 8.59. The highest BCUT2D eigenvalue weighted by molar-refractivity contribution is 8.19. The molecule has 2 aromatic carbocycles. The van der Waals surface area contributed by atoms with E-state index >= 15 is 0 Å². The van der Waals surface area contributed by atoms with Crippen molar-refractivity contribution in [2.24, 2.45) is 0 Å². The molecule has 2 amide bonds. The first-order chi connectivity index (χ1) is 14.9. The van der Waals surface area contributed by atoms with E-state index < -0.39 is 18.5 Å². The average molecular weight is 439 g/mol. The molecule has 0 saturated carbocycles. The molecular formula is C23H21NO6S. The van der Waals surface area contributed by atoms with Crippen molar-refractivity contribution < 1.29 is 29.0 Å². The van der Waals surface area contributed by atoms with Crippen molar-refractivity contribution in [3.05, 3.63) is 71.2 Å². The summed E-state index contributed by atoms with van der Waals surface area (Å²) in [4.78, 5) is 37.7. The normalized spacial score (nSPS) is 14.7. The van der Waals surface area contributed by atoms with Crippen molar-refractivity contribution in [2.75, 3.05) is 18.1 Å². The number of allylic oxidation sites excluding steroid dienone is 1. The van der Waals surface area contributed by atoms with Gasteiger partial charge in [-0.15, -0.1) is 6.58 Å². The van der Waals surface area contributed by atoms with Crippen LogP contribution in [0.3, 0.4) is 0 Å². The molecule has 160 valence electrons. The van der Waals surface area contributed by atoms with Crippen LogP contribution in [0.15, 0.2) is 60.0 Å². The summed E-state index contributed by atoms with van der Waals surface area (Å²) < 4.78 is 11.1. The fraction of sp³-hybridized carbons (Fsp3) is 0.174. The number of amides is 2. The second-order valence-electron chi connectivity index (χ2n) is 6.47. The monoisotopic (exact) mass is 439 g/mol. The topological polar surface area (TPSA) is 93.1 Å². The Kier molecular flexibility index (Phi) is 7.15. The van der Waals surface area contributed by atoms with Crippen molar-refractivity contribution >= 4 is 40.6 Å². The number of rotatable bonds is 9. The summed E-state index contributed by atoms with van der Waals surface area (Å²) in [7, 11) is 0. The van der Waals surface area contributed by atoms with E-state index in [0.29, 0.717) is 41.3 Å². The van der Waals surface area contributed by atoms with Gasteiger partial charge in [-0.1, -0.05) is 24.3 Å². The van der Waals surface area contributed by atoms with Gasteiger partial charge < -0.3 is 14.6 Å². The molecule has 1 heterocycles. The number of carboxylic acid groups (broad SMARTS) is 1. The predicted octanol–water partition coefficient (Wildman–Crippen LogP) is 4.52. The van der Waals surface area contributed by atoms with Crippen LogP contribution < -0.4 is 14.4 Å². The summed E-state index contributed by atoms with van der Waals surface area (Å²) >= 11 is 0.857. The fourth-order valence-electron chi connectivity index (χ4n) is 3.05. The van der Waals surface area contributed by atoms with E-state index in [1.54, 1.807) is 55.5 Å². The van der Waals surface area contributed by atoms with Gasteiger partial charge in [0, 0.05) is 5.56 Å². The third kappa shape index (κ3) is 5.16. The number of imide groups is 1. The Hall–Kier alpha value is -3.52. The van der Waals surface area contributed by atoms with Gasteiger partial charge in [0.15, 0.2) is 18.1 Å². The number of aliphatic carboxylic acids is 1. The zero-order chi connectivity index (χ0) is 22.4. The van der Waals surface area contributed by atoms with E-state index in [9.17, 15) is 14.4 Å². The van der Waals surface area contributed by atoms with Crippen molar-refractivity contribution in [1.29, 1.82) is 0 Å². The van der Waals surface area contributed by atoms with E-state index in [4.69, 9.17) is 14.6 Å². The van der Waals surface area contributed by atoms with E-state index in [-0.39, 0.29) is 10.1 Å². The molecule has 0 radical (unpaired) electrons. The number of hydrogen-bond donors (Lipinski definition) is 1. The standard InChI is InChI=1S/C23H21NO6S/c1-3-8-16-11-15(12-18(29-4-2)21(16)30-14-20(25)26)13-19-22(27)24(23(28)31-19)17-9-6-5-7-10-17/h3,5-7,9-13H,1,4,8,14H2,2H3,(H,25,26)/b19-13-. The lowest BCUT2D eigenvalue weighted by molar-refractivity contribution is -0.139. The quantitative estimate of drug-likeness (QED) is 0.454. The number of benzene rings is 2. The number of anilines is 1. The molecule has 0 unspecified atom stereocenters. The number of carbonyl (C=O) groups is 3. The Morgan fingerprint density at radius 3 is 2.58 bits per heavy atom. The third-order valence-electron chi connectivity index (χ3n) is 4.26.